The first-order valence-corrected chi connectivity index (χ1v) is 11.3. The van der Waals surface area contributed by atoms with Gasteiger partial charge < -0.3 is 10.0 Å². The molecule has 0 spiro atoms. The zero-order valence-corrected chi connectivity index (χ0v) is 18.3. The van der Waals surface area contributed by atoms with Gasteiger partial charge in [-0.15, -0.1) is 11.3 Å². The van der Waals surface area contributed by atoms with Crippen molar-refractivity contribution in [3.05, 3.63) is 75.6 Å². The number of benzene rings is 2. The van der Waals surface area contributed by atoms with E-state index in [1.165, 1.54) is 23.1 Å². The van der Waals surface area contributed by atoms with Gasteiger partial charge in [0.2, 0.25) is 0 Å². The third kappa shape index (κ3) is 4.64. The molecule has 0 aliphatic rings. The van der Waals surface area contributed by atoms with Gasteiger partial charge in [-0.2, -0.15) is 0 Å². The summed E-state index contributed by atoms with van der Waals surface area (Å²) in [7, 11) is -2.32. The molecule has 2 aromatic carbocycles. The molecule has 0 atom stereocenters. The number of rotatable bonds is 6. The molecular formula is C20H17ClN2O5S2. The number of thiophene rings is 1. The van der Waals surface area contributed by atoms with Crippen molar-refractivity contribution in [2.75, 3.05) is 16.7 Å². The number of hydrogen-bond acceptors (Lipinski definition) is 5. The molecule has 3 rings (SSSR count). The maximum absolute atomic E-state index is 12.6. The minimum absolute atomic E-state index is 0.0203. The number of carboxylic acid groups (broad SMARTS) is 1. The van der Waals surface area contributed by atoms with Crippen molar-refractivity contribution in [3.63, 3.8) is 0 Å². The number of carboxylic acids is 1. The number of halogens is 1. The van der Waals surface area contributed by atoms with E-state index >= 15 is 0 Å². The number of aromatic carboxylic acids is 1. The average molecular weight is 465 g/mol. The van der Waals surface area contributed by atoms with Crippen LogP contribution in [-0.4, -0.2) is 32.4 Å². The van der Waals surface area contributed by atoms with Crippen LogP contribution in [-0.2, 0) is 10.0 Å². The highest BCUT2D eigenvalue weighted by molar-refractivity contribution is 7.94. The first kappa shape index (κ1) is 21.8. The fourth-order valence-corrected chi connectivity index (χ4v) is 5.22. The molecule has 30 heavy (non-hydrogen) atoms. The molecule has 7 nitrogen and oxygen atoms in total. The van der Waals surface area contributed by atoms with Crippen LogP contribution in [0.3, 0.4) is 0 Å². The van der Waals surface area contributed by atoms with Crippen molar-refractivity contribution < 1.29 is 23.1 Å². The average Bonchev–Trinajstić information content (AvgIpc) is 3.11. The first-order valence-electron chi connectivity index (χ1n) is 8.59. The van der Waals surface area contributed by atoms with E-state index in [-0.39, 0.29) is 20.7 Å². The number of aryl methyl sites for hydroxylation is 1. The molecule has 0 aliphatic carbocycles. The van der Waals surface area contributed by atoms with E-state index in [1.54, 1.807) is 50.4 Å². The lowest BCUT2D eigenvalue weighted by molar-refractivity contribution is 0.0701. The minimum atomic E-state index is -3.93. The normalized spacial score (nSPS) is 11.2. The summed E-state index contributed by atoms with van der Waals surface area (Å²) >= 11 is 6.54. The smallest absolute Gasteiger partial charge is 0.346 e. The van der Waals surface area contributed by atoms with Crippen LogP contribution in [0.25, 0.3) is 0 Å². The number of nitrogens with one attached hydrogen (secondary N) is 1. The molecule has 10 heteroatoms. The third-order valence-electron chi connectivity index (χ3n) is 4.26. The molecule has 0 radical (unpaired) electrons. The molecule has 1 amide bonds. The summed E-state index contributed by atoms with van der Waals surface area (Å²) in [5.74, 6) is -1.41. The summed E-state index contributed by atoms with van der Waals surface area (Å²) in [6, 6.07) is 14.1. The lowest BCUT2D eigenvalue weighted by atomic mass is 10.2. The van der Waals surface area contributed by atoms with E-state index in [0.717, 1.165) is 0 Å². The summed E-state index contributed by atoms with van der Waals surface area (Å²) in [6.45, 7) is 1.54. The maximum Gasteiger partial charge on any atom is 0.346 e. The number of nitrogens with zero attached hydrogens (tertiary/aromatic N) is 1. The molecule has 0 saturated carbocycles. The van der Waals surface area contributed by atoms with Gasteiger partial charge in [0.05, 0.1) is 0 Å². The summed E-state index contributed by atoms with van der Waals surface area (Å²) in [5, 5.41) is 9.64. The minimum Gasteiger partial charge on any atom is -0.477 e. The monoisotopic (exact) mass is 464 g/mol. The van der Waals surface area contributed by atoms with Crippen LogP contribution in [0.4, 0.5) is 11.4 Å². The molecule has 0 aliphatic heterocycles. The number of amides is 1. The van der Waals surface area contributed by atoms with Crippen molar-refractivity contribution >= 4 is 56.2 Å². The van der Waals surface area contributed by atoms with Crippen LogP contribution in [0.15, 0.2) is 58.8 Å². The van der Waals surface area contributed by atoms with Crippen molar-refractivity contribution in [2.24, 2.45) is 0 Å². The van der Waals surface area contributed by atoms with E-state index < -0.39 is 16.0 Å². The highest BCUT2D eigenvalue weighted by atomic mass is 35.5. The molecule has 3 aromatic rings. The molecule has 1 aromatic heterocycles. The van der Waals surface area contributed by atoms with Crippen molar-refractivity contribution in [1.82, 2.24) is 0 Å². The van der Waals surface area contributed by atoms with Gasteiger partial charge in [0.1, 0.15) is 9.09 Å². The Morgan fingerprint density at radius 3 is 2.20 bits per heavy atom. The lowest BCUT2D eigenvalue weighted by Gasteiger charge is -2.18. The Morgan fingerprint density at radius 1 is 1.07 bits per heavy atom. The molecule has 0 saturated heterocycles. The summed E-state index contributed by atoms with van der Waals surface area (Å²) in [5.41, 5.74) is 1.70. The van der Waals surface area contributed by atoms with Gasteiger partial charge in [-0.25, -0.2) is 13.2 Å². The van der Waals surface area contributed by atoms with Crippen molar-refractivity contribution in [3.8, 4) is 0 Å². The quantitative estimate of drug-likeness (QED) is 0.559. The summed E-state index contributed by atoms with van der Waals surface area (Å²) < 4.78 is 27.5. The Kier molecular flexibility index (Phi) is 6.16. The Balaban J connectivity index is 1.76. The van der Waals surface area contributed by atoms with Gasteiger partial charge in [0.15, 0.2) is 0 Å². The SMILES string of the molecule is Cc1cc(S(=O)(=O)Nc2ccc(N(C)C(=O)c3ccc(Cl)cc3)cc2)sc1C(=O)O. The maximum atomic E-state index is 12.6. The van der Waals surface area contributed by atoms with Gasteiger partial charge in [-0.1, -0.05) is 11.6 Å². The van der Waals surface area contributed by atoms with Crippen LogP contribution in [0.5, 0.6) is 0 Å². The number of carbonyl (C=O) groups excluding carboxylic acids is 1. The van der Waals surface area contributed by atoms with Crippen molar-refractivity contribution in [1.29, 1.82) is 0 Å². The predicted molar refractivity (Wildman–Crippen MR) is 117 cm³/mol. The third-order valence-corrected chi connectivity index (χ3v) is 7.59. The van der Waals surface area contributed by atoms with Gasteiger partial charge in [0.25, 0.3) is 15.9 Å². The van der Waals surface area contributed by atoms with Crippen LogP contribution >= 0.6 is 22.9 Å². The molecule has 156 valence electrons. The standard InChI is InChI=1S/C20H17ClN2O5S2/c1-12-11-17(29-18(12)20(25)26)30(27,28)22-15-7-9-16(10-8-15)23(2)19(24)13-3-5-14(21)6-4-13/h3-11,22H,1-2H3,(H,25,26). The number of hydrogen-bond donors (Lipinski definition) is 2. The highest BCUT2D eigenvalue weighted by Crippen LogP contribution is 2.28. The summed E-state index contributed by atoms with van der Waals surface area (Å²) in [4.78, 5) is 25.1. The molecule has 0 fully saturated rings. The van der Waals surface area contributed by atoms with Gasteiger partial charge in [0, 0.05) is 29.0 Å². The number of anilines is 2. The molecule has 0 bridgehead atoms. The van der Waals surface area contributed by atoms with Crippen LogP contribution in [0, 0.1) is 6.92 Å². The number of carbonyl (C=O) groups is 2. The second kappa shape index (κ2) is 8.47. The Bertz CT molecular complexity index is 1200. The summed E-state index contributed by atoms with van der Waals surface area (Å²) in [6.07, 6.45) is 0. The van der Waals surface area contributed by atoms with Gasteiger partial charge in [-0.05, 0) is 67.1 Å². The van der Waals surface area contributed by atoms with E-state index in [4.69, 9.17) is 16.7 Å². The zero-order chi connectivity index (χ0) is 22.1. The second-order valence-corrected chi connectivity index (χ2v) is 9.80. The predicted octanol–water partition coefficient (Wildman–Crippen LogP) is 4.49. The molecule has 2 N–H and O–H groups in total. The van der Waals surface area contributed by atoms with Crippen LogP contribution in [0.2, 0.25) is 5.02 Å². The van der Waals surface area contributed by atoms with Crippen LogP contribution < -0.4 is 9.62 Å². The van der Waals surface area contributed by atoms with Crippen molar-refractivity contribution in [2.45, 2.75) is 11.1 Å². The highest BCUT2D eigenvalue weighted by Gasteiger charge is 2.22. The lowest BCUT2D eigenvalue weighted by Crippen LogP contribution is -2.26. The van der Waals surface area contributed by atoms with E-state index in [9.17, 15) is 18.0 Å². The van der Waals surface area contributed by atoms with E-state index in [1.807, 2.05) is 0 Å². The molecular weight excluding hydrogens is 448 g/mol. The second-order valence-electron chi connectivity index (χ2n) is 6.41. The number of sulfonamides is 1. The Labute approximate surface area is 182 Å². The molecule has 0 unspecified atom stereocenters. The van der Waals surface area contributed by atoms with Crippen LogP contribution in [0.1, 0.15) is 25.6 Å². The van der Waals surface area contributed by atoms with Gasteiger partial charge >= 0.3 is 5.97 Å². The Hall–Kier alpha value is -2.88. The fourth-order valence-electron chi connectivity index (χ4n) is 2.66. The van der Waals surface area contributed by atoms with E-state index in [2.05, 4.69) is 4.72 Å². The Morgan fingerprint density at radius 2 is 1.67 bits per heavy atom. The molecule has 1 heterocycles. The zero-order valence-electron chi connectivity index (χ0n) is 15.9. The first-order chi connectivity index (χ1) is 14.1. The fraction of sp³-hybridized carbons (Fsp3) is 0.100. The van der Waals surface area contributed by atoms with E-state index in [0.29, 0.717) is 33.2 Å². The topological polar surface area (TPSA) is 104 Å². The largest absolute Gasteiger partial charge is 0.477 e. The van der Waals surface area contributed by atoms with Gasteiger partial charge in [-0.3, -0.25) is 9.52 Å².